The van der Waals surface area contributed by atoms with Gasteiger partial charge < -0.3 is 4.90 Å². The van der Waals surface area contributed by atoms with Gasteiger partial charge in [-0.2, -0.15) is 0 Å². The summed E-state index contributed by atoms with van der Waals surface area (Å²) < 4.78 is 0. The molecule has 1 aliphatic carbocycles. The molecular formula is C14H25NO. The summed E-state index contributed by atoms with van der Waals surface area (Å²) in [6.07, 6.45) is 8.51. The van der Waals surface area contributed by atoms with Gasteiger partial charge in [0.2, 0.25) is 5.91 Å². The second-order valence-corrected chi connectivity index (χ2v) is 5.81. The van der Waals surface area contributed by atoms with Gasteiger partial charge in [0, 0.05) is 24.9 Å². The summed E-state index contributed by atoms with van der Waals surface area (Å²) in [5, 5.41) is 0. The Kier molecular flexibility index (Phi) is 3.56. The quantitative estimate of drug-likeness (QED) is 0.716. The number of likely N-dealkylation sites (tertiary alicyclic amines) is 1. The molecule has 1 amide bonds. The fourth-order valence-electron chi connectivity index (χ4n) is 3.23. The maximum Gasteiger partial charge on any atom is 0.222 e. The molecule has 0 atom stereocenters. The smallest absolute Gasteiger partial charge is 0.222 e. The van der Waals surface area contributed by atoms with Crippen molar-refractivity contribution in [3.63, 3.8) is 0 Å². The molecule has 2 aliphatic rings. The summed E-state index contributed by atoms with van der Waals surface area (Å²) in [6.45, 7) is 6.54. The molecule has 2 rings (SSSR count). The first-order valence-electron chi connectivity index (χ1n) is 6.97. The molecule has 2 nitrogen and oxygen atoms in total. The summed E-state index contributed by atoms with van der Waals surface area (Å²) >= 11 is 0. The molecule has 1 heterocycles. The fourth-order valence-corrected chi connectivity index (χ4v) is 3.23. The zero-order chi connectivity index (χ0) is 11.6. The van der Waals surface area contributed by atoms with Crippen LogP contribution >= 0.6 is 0 Å². The lowest BCUT2D eigenvalue weighted by Gasteiger charge is -2.50. The lowest BCUT2D eigenvalue weighted by atomic mass is 9.75. The van der Waals surface area contributed by atoms with Crippen LogP contribution in [-0.2, 0) is 4.79 Å². The van der Waals surface area contributed by atoms with Crippen molar-refractivity contribution >= 4 is 5.91 Å². The molecule has 1 aliphatic heterocycles. The summed E-state index contributed by atoms with van der Waals surface area (Å²) in [5.41, 5.74) is 0.464. The molecule has 1 saturated carbocycles. The third-order valence-corrected chi connectivity index (χ3v) is 4.84. The molecule has 92 valence electrons. The standard InChI is InChI=1S/C14H25NO/c1-3-14(4-2)10-15(11-14)13(16)9-12-7-5-6-8-12/h12H,3-11H2,1-2H3. The molecule has 0 aromatic carbocycles. The van der Waals surface area contributed by atoms with Crippen molar-refractivity contribution in [1.29, 1.82) is 0 Å². The summed E-state index contributed by atoms with van der Waals surface area (Å²) in [5.74, 6) is 1.12. The maximum absolute atomic E-state index is 12.0. The average molecular weight is 223 g/mol. The Morgan fingerprint density at radius 3 is 2.25 bits per heavy atom. The lowest BCUT2D eigenvalue weighted by molar-refractivity contribution is -0.144. The number of nitrogens with zero attached hydrogens (tertiary/aromatic N) is 1. The van der Waals surface area contributed by atoms with Crippen LogP contribution in [0.3, 0.4) is 0 Å². The van der Waals surface area contributed by atoms with Crippen molar-refractivity contribution in [2.75, 3.05) is 13.1 Å². The molecule has 0 spiro atoms. The van der Waals surface area contributed by atoms with Crippen LogP contribution in [0.25, 0.3) is 0 Å². The van der Waals surface area contributed by atoms with Gasteiger partial charge in [-0.25, -0.2) is 0 Å². The van der Waals surface area contributed by atoms with Gasteiger partial charge in [0.1, 0.15) is 0 Å². The highest BCUT2D eigenvalue weighted by Gasteiger charge is 2.42. The van der Waals surface area contributed by atoms with Crippen LogP contribution in [0.2, 0.25) is 0 Å². The molecule has 0 N–H and O–H groups in total. The minimum atomic E-state index is 0.421. The Bertz CT molecular complexity index is 243. The minimum absolute atomic E-state index is 0.421. The average Bonchev–Trinajstić information content (AvgIpc) is 2.70. The van der Waals surface area contributed by atoms with Crippen LogP contribution in [0.1, 0.15) is 58.8 Å². The number of amides is 1. The van der Waals surface area contributed by atoms with Crippen LogP contribution < -0.4 is 0 Å². The number of hydrogen-bond acceptors (Lipinski definition) is 1. The second kappa shape index (κ2) is 4.77. The number of carbonyl (C=O) groups is 1. The van der Waals surface area contributed by atoms with E-state index in [9.17, 15) is 4.79 Å². The van der Waals surface area contributed by atoms with Gasteiger partial charge in [-0.05, 0) is 31.6 Å². The van der Waals surface area contributed by atoms with Gasteiger partial charge in [0.25, 0.3) is 0 Å². The van der Waals surface area contributed by atoms with Gasteiger partial charge >= 0.3 is 0 Å². The van der Waals surface area contributed by atoms with Crippen molar-refractivity contribution in [1.82, 2.24) is 4.90 Å². The van der Waals surface area contributed by atoms with E-state index < -0.39 is 0 Å². The molecule has 0 radical (unpaired) electrons. The third-order valence-electron chi connectivity index (χ3n) is 4.84. The van der Waals surface area contributed by atoms with E-state index in [-0.39, 0.29) is 0 Å². The maximum atomic E-state index is 12.0. The van der Waals surface area contributed by atoms with E-state index in [1.54, 1.807) is 0 Å². The minimum Gasteiger partial charge on any atom is -0.341 e. The van der Waals surface area contributed by atoms with Gasteiger partial charge in [0.15, 0.2) is 0 Å². The van der Waals surface area contributed by atoms with E-state index in [1.165, 1.54) is 38.5 Å². The Labute approximate surface area is 99.4 Å². The second-order valence-electron chi connectivity index (χ2n) is 5.81. The number of hydrogen-bond donors (Lipinski definition) is 0. The Morgan fingerprint density at radius 2 is 1.75 bits per heavy atom. The van der Waals surface area contributed by atoms with E-state index in [0.717, 1.165) is 19.5 Å². The molecule has 2 heteroatoms. The summed E-state index contributed by atoms with van der Waals surface area (Å²) in [4.78, 5) is 14.1. The van der Waals surface area contributed by atoms with E-state index in [1.807, 2.05) is 0 Å². The normalized spacial score (nSPS) is 24.5. The molecule has 0 unspecified atom stereocenters. The zero-order valence-electron chi connectivity index (χ0n) is 10.8. The monoisotopic (exact) mass is 223 g/mol. The molecule has 2 fully saturated rings. The predicted octanol–water partition coefficient (Wildman–Crippen LogP) is 3.22. The predicted molar refractivity (Wildman–Crippen MR) is 66.2 cm³/mol. The SMILES string of the molecule is CCC1(CC)CN(C(=O)CC2CCCC2)C1. The van der Waals surface area contributed by atoms with Crippen molar-refractivity contribution in [3.8, 4) is 0 Å². The van der Waals surface area contributed by atoms with Crippen molar-refractivity contribution in [2.45, 2.75) is 58.8 Å². The zero-order valence-corrected chi connectivity index (χ0v) is 10.8. The number of carbonyl (C=O) groups excluding carboxylic acids is 1. The topological polar surface area (TPSA) is 20.3 Å². The first kappa shape index (κ1) is 11.9. The molecular weight excluding hydrogens is 198 g/mol. The van der Waals surface area contributed by atoms with Crippen LogP contribution in [-0.4, -0.2) is 23.9 Å². The fraction of sp³-hybridized carbons (Fsp3) is 0.929. The van der Waals surface area contributed by atoms with Crippen LogP contribution in [0.4, 0.5) is 0 Å². The van der Waals surface area contributed by atoms with Crippen molar-refractivity contribution in [3.05, 3.63) is 0 Å². The molecule has 16 heavy (non-hydrogen) atoms. The summed E-state index contributed by atoms with van der Waals surface area (Å²) in [7, 11) is 0. The molecule has 0 aromatic rings. The highest BCUT2D eigenvalue weighted by Crippen LogP contribution is 2.38. The van der Waals surface area contributed by atoms with Crippen LogP contribution in [0, 0.1) is 11.3 Å². The van der Waals surface area contributed by atoms with Crippen molar-refractivity contribution in [2.24, 2.45) is 11.3 Å². The Balaban J connectivity index is 1.76. The first-order valence-corrected chi connectivity index (χ1v) is 6.97. The van der Waals surface area contributed by atoms with E-state index >= 15 is 0 Å². The van der Waals surface area contributed by atoms with E-state index in [4.69, 9.17) is 0 Å². The molecule has 1 saturated heterocycles. The number of rotatable bonds is 4. The largest absolute Gasteiger partial charge is 0.341 e. The van der Waals surface area contributed by atoms with Crippen LogP contribution in [0.15, 0.2) is 0 Å². The highest BCUT2D eigenvalue weighted by molar-refractivity contribution is 5.77. The third kappa shape index (κ3) is 2.26. The Morgan fingerprint density at radius 1 is 1.19 bits per heavy atom. The van der Waals surface area contributed by atoms with Crippen LogP contribution in [0.5, 0.6) is 0 Å². The van der Waals surface area contributed by atoms with Gasteiger partial charge in [0.05, 0.1) is 0 Å². The van der Waals surface area contributed by atoms with E-state index in [2.05, 4.69) is 18.7 Å². The first-order chi connectivity index (χ1) is 7.69. The van der Waals surface area contributed by atoms with Crippen molar-refractivity contribution < 1.29 is 4.79 Å². The lowest BCUT2D eigenvalue weighted by Crippen LogP contribution is -2.58. The molecule has 0 aromatic heterocycles. The van der Waals surface area contributed by atoms with E-state index in [0.29, 0.717) is 17.2 Å². The highest BCUT2D eigenvalue weighted by atomic mass is 16.2. The van der Waals surface area contributed by atoms with Gasteiger partial charge in [-0.3, -0.25) is 4.79 Å². The van der Waals surface area contributed by atoms with Gasteiger partial charge in [-0.1, -0.05) is 26.7 Å². The summed E-state index contributed by atoms with van der Waals surface area (Å²) in [6, 6.07) is 0. The Hall–Kier alpha value is -0.530. The van der Waals surface area contributed by atoms with Gasteiger partial charge in [-0.15, -0.1) is 0 Å². The molecule has 0 bridgehead atoms.